The summed E-state index contributed by atoms with van der Waals surface area (Å²) in [4.78, 5) is 10.3. The van der Waals surface area contributed by atoms with Crippen LogP contribution in [-0.4, -0.2) is 39.0 Å². The third-order valence-electron chi connectivity index (χ3n) is 5.33. The van der Waals surface area contributed by atoms with E-state index in [2.05, 4.69) is 20.6 Å². The van der Waals surface area contributed by atoms with Gasteiger partial charge in [0.05, 0.1) is 31.4 Å². The van der Waals surface area contributed by atoms with Crippen molar-refractivity contribution in [3.05, 3.63) is 47.5 Å². The fourth-order valence-corrected chi connectivity index (χ4v) is 5.67. The lowest BCUT2D eigenvalue weighted by Gasteiger charge is -2.10. The van der Waals surface area contributed by atoms with Crippen LogP contribution in [0.15, 0.2) is 50.5 Å². The van der Waals surface area contributed by atoms with E-state index in [-0.39, 0.29) is 0 Å². The number of hydrogen-bond donors (Lipinski definition) is 0. The van der Waals surface area contributed by atoms with Crippen molar-refractivity contribution in [2.24, 2.45) is 7.05 Å². The fourth-order valence-electron chi connectivity index (χ4n) is 3.64. The number of nitrogens with zero attached hydrogens (tertiary/aromatic N) is 5. The van der Waals surface area contributed by atoms with Crippen LogP contribution in [0.5, 0.6) is 11.5 Å². The quantitative estimate of drug-likeness (QED) is 0.294. The molecular weight excluding hydrogens is 458 g/mol. The first-order valence-corrected chi connectivity index (χ1v) is 11.8. The maximum Gasteiger partial charge on any atom is 0.197 e. The molecule has 0 amide bonds. The summed E-state index contributed by atoms with van der Waals surface area (Å²) >= 11 is 3.06. The summed E-state index contributed by atoms with van der Waals surface area (Å²) < 4.78 is 18.3. The predicted molar refractivity (Wildman–Crippen MR) is 128 cm³/mol. The van der Waals surface area contributed by atoms with Gasteiger partial charge < -0.3 is 18.5 Å². The Balaban J connectivity index is 1.61. The second-order valence-electron chi connectivity index (χ2n) is 7.33. The number of aromatic nitrogens is 5. The van der Waals surface area contributed by atoms with Gasteiger partial charge in [-0.3, -0.25) is 0 Å². The summed E-state index contributed by atoms with van der Waals surface area (Å²) in [5.41, 5.74) is 2.95. The fraction of sp³-hybridized carbons (Fsp3) is 0.217. The number of aryl methyl sites for hydroxylation is 2. The molecule has 0 saturated heterocycles. The molecule has 8 nitrogen and oxygen atoms in total. The first-order chi connectivity index (χ1) is 16.0. The summed E-state index contributed by atoms with van der Waals surface area (Å²) in [5, 5.41) is 13.4. The minimum Gasteiger partial charge on any atom is -0.493 e. The van der Waals surface area contributed by atoms with Gasteiger partial charge in [-0.15, -0.1) is 21.5 Å². The molecule has 0 radical (unpaired) electrons. The second-order valence-corrected chi connectivity index (χ2v) is 9.15. The molecule has 0 spiro atoms. The molecule has 5 rings (SSSR count). The highest BCUT2D eigenvalue weighted by atomic mass is 32.2. The summed E-state index contributed by atoms with van der Waals surface area (Å²) in [6.07, 6.45) is 1.66. The Hall–Kier alpha value is -3.37. The van der Waals surface area contributed by atoms with E-state index < -0.39 is 0 Å². The molecule has 0 N–H and O–H groups in total. The SMILES string of the molecule is COc1ccc(-c2csc3nc(C)nc(Sc4nnc(-c5ccoc5C)n4C)c23)cc1OC. The molecule has 168 valence electrons. The first kappa shape index (κ1) is 21.5. The van der Waals surface area contributed by atoms with Crippen LogP contribution in [-0.2, 0) is 7.05 Å². The van der Waals surface area contributed by atoms with Crippen LogP contribution in [0.25, 0.3) is 32.7 Å². The predicted octanol–water partition coefficient (Wildman–Crippen LogP) is 5.53. The Morgan fingerprint density at radius 2 is 1.82 bits per heavy atom. The number of methoxy groups -OCH3 is 2. The molecule has 0 fully saturated rings. The summed E-state index contributed by atoms with van der Waals surface area (Å²) in [6, 6.07) is 7.78. The number of fused-ring (bicyclic) bond motifs is 1. The summed E-state index contributed by atoms with van der Waals surface area (Å²) in [7, 11) is 5.20. The average Bonchev–Trinajstić information content (AvgIpc) is 3.52. The normalized spacial score (nSPS) is 11.3. The Morgan fingerprint density at radius 3 is 2.55 bits per heavy atom. The molecule has 1 aromatic carbocycles. The van der Waals surface area contributed by atoms with E-state index in [1.807, 2.05) is 49.7 Å². The topological polar surface area (TPSA) is 88.1 Å². The molecule has 0 aliphatic carbocycles. The van der Waals surface area contributed by atoms with Gasteiger partial charge in [0.2, 0.25) is 0 Å². The number of thiophene rings is 1. The van der Waals surface area contributed by atoms with Crippen molar-refractivity contribution in [1.82, 2.24) is 24.7 Å². The van der Waals surface area contributed by atoms with Crippen molar-refractivity contribution in [1.29, 1.82) is 0 Å². The minimum atomic E-state index is 0.671. The molecule has 0 bridgehead atoms. The molecular formula is C23H21N5O3S2. The lowest BCUT2D eigenvalue weighted by atomic mass is 10.1. The van der Waals surface area contributed by atoms with Gasteiger partial charge in [-0.1, -0.05) is 6.07 Å². The highest BCUT2D eigenvalue weighted by molar-refractivity contribution is 7.99. The number of rotatable bonds is 6. The maximum atomic E-state index is 5.51. The molecule has 5 aromatic rings. The molecule has 0 unspecified atom stereocenters. The summed E-state index contributed by atoms with van der Waals surface area (Å²) in [5.74, 6) is 3.61. The highest BCUT2D eigenvalue weighted by Crippen LogP contribution is 2.42. The van der Waals surface area contributed by atoms with E-state index in [0.29, 0.717) is 17.3 Å². The van der Waals surface area contributed by atoms with Crippen molar-refractivity contribution < 1.29 is 13.9 Å². The molecule has 33 heavy (non-hydrogen) atoms. The van der Waals surface area contributed by atoms with Gasteiger partial charge in [0, 0.05) is 18.0 Å². The number of benzene rings is 1. The molecule has 0 saturated carbocycles. The van der Waals surface area contributed by atoms with Crippen LogP contribution in [0, 0.1) is 13.8 Å². The van der Waals surface area contributed by atoms with E-state index in [1.54, 1.807) is 31.8 Å². The van der Waals surface area contributed by atoms with Crippen molar-refractivity contribution in [3.63, 3.8) is 0 Å². The van der Waals surface area contributed by atoms with Gasteiger partial charge in [0.25, 0.3) is 0 Å². The average molecular weight is 480 g/mol. The standard InChI is InChI=1S/C23H21N5O3S2/c1-12-15(8-9-31-12)20-26-27-23(28(20)3)33-22-19-16(11-32-21(19)24-13(2)25-22)14-6-7-17(29-4)18(10-14)30-5/h6-11H,1-5H3. The van der Waals surface area contributed by atoms with Crippen molar-refractivity contribution in [2.75, 3.05) is 14.2 Å². The number of ether oxygens (including phenoxy) is 2. The molecule has 0 aliphatic heterocycles. The Bertz CT molecular complexity index is 1470. The van der Waals surface area contributed by atoms with Crippen molar-refractivity contribution in [2.45, 2.75) is 24.0 Å². The van der Waals surface area contributed by atoms with Crippen LogP contribution < -0.4 is 9.47 Å². The third-order valence-corrected chi connectivity index (χ3v) is 7.23. The van der Waals surface area contributed by atoms with Crippen LogP contribution >= 0.6 is 23.1 Å². The smallest absolute Gasteiger partial charge is 0.197 e. The first-order valence-electron chi connectivity index (χ1n) is 10.1. The van der Waals surface area contributed by atoms with Crippen LogP contribution in [0.4, 0.5) is 0 Å². The van der Waals surface area contributed by atoms with Crippen LogP contribution in [0.1, 0.15) is 11.6 Å². The minimum absolute atomic E-state index is 0.671. The largest absolute Gasteiger partial charge is 0.493 e. The monoisotopic (exact) mass is 479 g/mol. The highest BCUT2D eigenvalue weighted by Gasteiger charge is 2.20. The third kappa shape index (κ3) is 3.75. The van der Waals surface area contributed by atoms with E-state index >= 15 is 0 Å². The lowest BCUT2D eigenvalue weighted by molar-refractivity contribution is 0.355. The van der Waals surface area contributed by atoms with Gasteiger partial charge in [0.15, 0.2) is 22.5 Å². The Labute approximate surface area is 198 Å². The molecule has 10 heteroatoms. The molecule has 0 atom stereocenters. The van der Waals surface area contributed by atoms with E-state index in [1.165, 1.54) is 11.8 Å². The zero-order valence-corrected chi connectivity index (χ0v) is 20.4. The summed E-state index contributed by atoms with van der Waals surface area (Å²) in [6.45, 7) is 3.81. The van der Waals surface area contributed by atoms with Crippen LogP contribution in [0.2, 0.25) is 0 Å². The van der Waals surface area contributed by atoms with Gasteiger partial charge >= 0.3 is 0 Å². The lowest BCUT2D eigenvalue weighted by Crippen LogP contribution is -1.97. The maximum absolute atomic E-state index is 5.51. The zero-order valence-electron chi connectivity index (χ0n) is 18.7. The van der Waals surface area contributed by atoms with Gasteiger partial charge in [-0.2, -0.15) is 0 Å². The molecule has 0 aliphatic rings. The zero-order chi connectivity index (χ0) is 23.1. The van der Waals surface area contributed by atoms with Crippen molar-refractivity contribution >= 4 is 33.3 Å². The van der Waals surface area contributed by atoms with Gasteiger partial charge in [-0.05, 0) is 49.4 Å². The Morgan fingerprint density at radius 1 is 1.00 bits per heavy atom. The Kier molecular flexibility index (Phi) is 5.55. The van der Waals surface area contributed by atoms with Gasteiger partial charge in [-0.25, -0.2) is 9.97 Å². The van der Waals surface area contributed by atoms with E-state index in [9.17, 15) is 0 Å². The van der Waals surface area contributed by atoms with Gasteiger partial charge in [0.1, 0.15) is 21.4 Å². The number of furan rings is 1. The van der Waals surface area contributed by atoms with E-state index in [4.69, 9.17) is 18.9 Å². The number of hydrogen-bond acceptors (Lipinski definition) is 9. The van der Waals surface area contributed by atoms with Crippen molar-refractivity contribution in [3.8, 4) is 34.0 Å². The molecule has 4 aromatic heterocycles. The van der Waals surface area contributed by atoms with E-state index in [0.717, 1.165) is 48.7 Å². The molecule has 4 heterocycles. The van der Waals surface area contributed by atoms with Crippen LogP contribution in [0.3, 0.4) is 0 Å². The second kappa shape index (κ2) is 8.53.